The quantitative estimate of drug-likeness (QED) is 0.325. The largest absolute Gasteiger partial charge is 0.379 e. The van der Waals surface area contributed by atoms with Gasteiger partial charge >= 0.3 is 0 Å². The Bertz CT molecular complexity index is 932. The average Bonchev–Trinajstić information content (AvgIpc) is 3.19. The zero-order valence-electron chi connectivity index (χ0n) is 17.0. The molecule has 1 saturated heterocycles. The van der Waals surface area contributed by atoms with Crippen molar-refractivity contribution in [3.63, 3.8) is 0 Å². The number of amides is 1. The van der Waals surface area contributed by atoms with Crippen LogP contribution in [-0.4, -0.2) is 77.6 Å². The second-order valence-corrected chi connectivity index (χ2v) is 8.27. The third kappa shape index (κ3) is 6.26. The number of morpholine rings is 1. The van der Waals surface area contributed by atoms with E-state index in [9.17, 15) is 4.79 Å². The summed E-state index contributed by atoms with van der Waals surface area (Å²) in [6, 6.07) is 1.94. The molecule has 10 nitrogen and oxygen atoms in total. The van der Waals surface area contributed by atoms with Gasteiger partial charge in [-0.3, -0.25) is 9.69 Å². The number of fused-ring (bicyclic) bond motifs is 1. The Balaban J connectivity index is 1.46. The lowest BCUT2D eigenvalue weighted by Crippen LogP contribution is -2.36. The maximum Gasteiger partial charge on any atom is 0.234 e. The number of thiazole rings is 1. The first-order valence-corrected chi connectivity index (χ1v) is 11.5. The van der Waals surface area contributed by atoms with Crippen LogP contribution in [0.5, 0.6) is 0 Å². The molecule has 31 heavy (non-hydrogen) atoms. The molecule has 4 N–H and O–H groups in total. The minimum atomic E-state index is -0.205. The van der Waals surface area contributed by atoms with Gasteiger partial charge in [-0.15, -0.1) is 11.6 Å². The van der Waals surface area contributed by atoms with Gasteiger partial charge in [0.15, 0.2) is 5.13 Å². The van der Waals surface area contributed by atoms with E-state index in [1.165, 1.54) is 0 Å². The van der Waals surface area contributed by atoms with Crippen LogP contribution in [-0.2, 0) is 16.1 Å². The fourth-order valence-corrected chi connectivity index (χ4v) is 4.15. The van der Waals surface area contributed by atoms with Crippen LogP contribution in [0, 0.1) is 0 Å². The second-order valence-electron chi connectivity index (χ2n) is 7.01. The standard InChI is InChI=1S/C19H25ClN8O2S/c20-11-16(29)21-4-5-23-18-24-13(12-28-6-8-30-9-7-28)10-15(26-18)27-19-25-14-2-1-3-22-17(14)31-19/h1-2,10,22H,3-9,11-12H2,(H,21,29)(H2,23,24,25,26,27). The molecule has 0 unspecified atom stereocenters. The van der Waals surface area contributed by atoms with Crippen LogP contribution in [0.1, 0.15) is 11.4 Å². The molecule has 0 bridgehead atoms. The van der Waals surface area contributed by atoms with Crippen molar-refractivity contribution in [1.82, 2.24) is 25.2 Å². The molecule has 12 heteroatoms. The van der Waals surface area contributed by atoms with E-state index in [2.05, 4.69) is 41.1 Å². The van der Waals surface area contributed by atoms with Gasteiger partial charge in [0, 0.05) is 45.3 Å². The number of ether oxygens (including phenoxy) is 1. The first-order valence-electron chi connectivity index (χ1n) is 10.1. The first-order chi connectivity index (χ1) is 15.2. The number of alkyl halides is 1. The monoisotopic (exact) mass is 464 g/mol. The van der Waals surface area contributed by atoms with E-state index in [1.807, 2.05) is 18.2 Å². The van der Waals surface area contributed by atoms with Crippen LogP contribution in [0.25, 0.3) is 6.08 Å². The Kier molecular flexibility index (Phi) is 7.52. The van der Waals surface area contributed by atoms with Crippen molar-refractivity contribution in [1.29, 1.82) is 0 Å². The first kappa shape index (κ1) is 21.8. The Morgan fingerprint density at radius 3 is 2.94 bits per heavy atom. The molecule has 0 saturated carbocycles. The van der Waals surface area contributed by atoms with E-state index in [-0.39, 0.29) is 11.8 Å². The Morgan fingerprint density at radius 2 is 2.13 bits per heavy atom. The lowest BCUT2D eigenvalue weighted by Gasteiger charge is -2.26. The van der Waals surface area contributed by atoms with Crippen molar-refractivity contribution in [2.75, 3.05) is 67.8 Å². The summed E-state index contributed by atoms with van der Waals surface area (Å²) in [6.45, 7) is 5.64. The van der Waals surface area contributed by atoms with E-state index >= 15 is 0 Å². The van der Waals surface area contributed by atoms with E-state index in [0.717, 1.165) is 54.4 Å². The number of hydrogen-bond acceptors (Lipinski definition) is 10. The number of carbonyl (C=O) groups is 1. The summed E-state index contributed by atoms with van der Waals surface area (Å²) in [5, 5.41) is 14.3. The van der Waals surface area contributed by atoms with Gasteiger partial charge in [0.2, 0.25) is 11.9 Å². The zero-order valence-corrected chi connectivity index (χ0v) is 18.6. The maximum absolute atomic E-state index is 11.3. The van der Waals surface area contributed by atoms with Crippen molar-refractivity contribution in [2.45, 2.75) is 6.54 Å². The van der Waals surface area contributed by atoms with E-state index in [4.69, 9.17) is 16.3 Å². The fourth-order valence-electron chi connectivity index (χ4n) is 3.19. The normalized spacial score (nSPS) is 15.8. The van der Waals surface area contributed by atoms with Crippen molar-refractivity contribution < 1.29 is 9.53 Å². The van der Waals surface area contributed by atoms with Gasteiger partial charge in [-0.1, -0.05) is 17.4 Å². The smallest absolute Gasteiger partial charge is 0.234 e. The molecule has 0 atom stereocenters. The number of aromatic nitrogens is 3. The minimum Gasteiger partial charge on any atom is -0.379 e. The summed E-state index contributed by atoms with van der Waals surface area (Å²) in [4.78, 5) is 27.4. The second kappa shape index (κ2) is 10.7. The number of nitrogens with one attached hydrogen (secondary N) is 4. The van der Waals surface area contributed by atoms with Crippen molar-refractivity contribution in [2.24, 2.45) is 0 Å². The molecular formula is C19H25ClN8O2S. The zero-order chi connectivity index (χ0) is 21.5. The molecule has 0 aliphatic carbocycles. The van der Waals surface area contributed by atoms with Crippen molar-refractivity contribution in [3.8, 4) is 0 Å². The number of nitrogens with zero attached hydrogens (tertiary/aromatic N) is 4. The van der Waals surface area contributed by atoms with Crippen LogP contribution >= 0.6 is 22.9 Å². The lowest BCUT2D eigenvalue weighted by atomic mass is 10.3. The van der Waals surface area contributed by atoms with Crippen LogP contribution in [0.2, 0.25) is 0 Å². The van der Waals surface area contributed by atoms with Gasteiger partial charge in [0.1, 0.15) is 16.7 Å². The highest BCUT2D eigenvalue weighted by atomic mass is 35.5. The third-order valence-electron chi connectivity index (χ3n) is 4.66. The average molecular weight is 465 g/mol. The molecule has 4 rings (SSSR count). The molecule has 2 aromatic heterocycles. The Hall–Kier alpha value is -2.47. The number of carbonyl (C=O) groups excluding carboxylic acids is 1. The molecule has 2 aliphatic heterocycles. The summed E-state index contributed by atoms with van der Waals surface area (Å²) in [5.74, 6) is 0.901. The Morgan fingerprint density at radius 1 is 1.26 bits per heavy atom. The van der Waals surface area contributed by atoms with Crippen LogP contribution in [0.15, 0.2) is 12.1 Å². The van der Waals surface area contributed by atoms with Crippen LogP contribution < -0.4 is 21.3 Å². The summed E-state index contributed by atoms with van der Waals surface area (Å²) in [5.41, 5.74) is 1.82. The molecule has 0 aromatic carbocycles. The van der Waals surface area contributed by atoms with Gasteiger partial charge in [-0.05, 0) is 6.08 Å². The lowest BCUT2D eigenvalue weighted by molar-refractivity contribution is -0.118. The van der Waals surface area contributed by atoms with Gasteiger partial charge in [-0.2, -0.15) is 4.98 Å². The van der Waals surface area contributed by atoms with Crippen molar-refractivity contribution >= 4 is 56.8 Å². The van der Waals surface area contributed by atoms with E-state index < -0.39 is 0 Å². The van der Waals surface area contributed by atoms with Crippen LogP contribution in [0.4, 0.5) is 21.9 Å². The fraction of sp³-hybridized carbons (Fsp3) is 0.474. The topological polar surface area (TPSA) is 116 Å². The SMILES string of the molecule is O=C(CCl)NCCNc1nc(CN2CCOCC2)cc(Nc2nc3c(s2)NCC=C3)n1. The number of halogens is 1. The summed E-state index contributed by atoms with van der Waals surface area (Å²) >= 11 is 7.06. The van der Waals surface area contributed by atoms with Gasteiger partial charge in [-0.25, -0.2) is 9.97 Å². The van der Waals surface area contributed by atoms with Crippen molar-refractivity contribution in [3.05, 3.63) is 23.5 Å². The minimum absolute atomic E-state index is 0.0541. The molecule has 4 heterocycles. The highest BCUT2D eigenvalue weighted by molar-refractivity contribution is 7.19. The van der Waals surface area contributed by atoms with Gasteiger partial charge in [0.25, 0.3) is 0 Å². The number of anilines is 4. The van der Waals surface area contributed by atoms with E-state index in [0.29, 0.717) is 31.4 Å². The van der Waals surface area contributed by atoms with Crippen LogP contribution in [0.3, 0.4) is 0 Å². The summed E-state index contributed by atoms with van der Waals surface area (Å²) < 4.78 is 5.44. The molecule has 2 aromatic rings. The molecule has 0 radical (unpaired) electrons. The summed E-state index contributed by atoms with van der Waals surface area (Å²) in [6.07, 6.45) is 4.06. The number of rotatable bonds is 9. The molecule has 1 fully saturated rings. The van der Waals surface area contributed by atoms with E-state index in [1.54, 1.807) is 11.3 Å². The maximum atomic E-state index is 11.3. The predicted octanol–water partition coefficient (Wildman–Crippen LogP) is 1.71. The van der Waals surface area contributed by atoms with Gasteiger partial charge in [0.05, 0.1) is 24.6 Å². The van der Waals surface area contributed by atoms with Gasteiger partial charge < -0.3 is 26.0 Å². The summed E-state index contributed by atoms with van der Waals surface area (Å²) in [7, 11) is 0. The molecular weight excluding hydrogens is 440 g/mol. The third-order valence-corrected chi connectivity index (χ3v) is 5.85. The molecule has 2 aliphatic rings. The predicted molar refractivity (Wildman–Crippen MR) is 123 cm³/mol. The highest BCUT2D eigenvalue weighted by Crippen LogP contribution is 2.32. The highest BCUT2D eigenvalue weighted by Gasteiger charge is 2.15. The molecule has 0 spiro atoms. The Labute approximate surface area is 189 Å². The number of hydrogen-bond donors (Lipinski definition) is 4. The molecule has 1 amide bonds. The molecule has 166 valence electrons.